The third-order valence-corrected chi connectivity index (χ3v) is 12.3. The van der Waals surface area contributed by atoms with Gasteiger partial charge in [-0.25, -0.2) is 9.29 Å². The Hall–Kier alpha value is -5.94. The SMILES string of the molecule is COc1ccc(OC)c(C=Cc2ccc(N3C(=O)[C@H]4[C@H](CC=C5[C@H]4C[C@H]4C(=O)N(c6ccc(F)c(Cl)c6)C(=O)[C@@]4(C)[C@H]5c4c(O)cccc4OC)C3=O)cc2)c1. The van der Waals surface area contributed by atoms with E-state index in [0.717, 1.165) is 22.1 Å². The summed E-state index contributed by atoms with van der Waals surface area (Å²) < 4.78 is 30.8. The number of allylic oxidation sites excluding steroid dienone is 2. The van der Waals surface area contributed by atoms with Crippen molar-refractivity contribution >= 4 is 58.8 Å². The highest BCUT2D eigenvalue weighted by Gasteiger charge is 2.68. The molecule has 4 aromatic rings. The molecule has 1 N–H and O–H groups in total. The standard InChI is InChI=1S/C44H38ClFN2O8/c1-44-31(41(51)48(43(44)53)26-14-18-33(46)32(45)21-26)22-30-28(39(44)38-34(49)6-5-7-36(38)56-4)16-17-29-37(30)42(52)47(40(29)50)25-12-9-23(10-13-25)8-11-24-20-27(54-2)15-19-35(24)55-3/h5-16,18-21,29-31,37,39,49H,17,22H2,1-4H3/t29-,30+,31-,37-,39+,44+/m0/s1. The van der Waals surface area contributed by atoms with Crippen molar-refractivity contribution in [2.24, 2.45) is 29.1 Å². The lowest BCUT2D eigenvalue weighted by atomic mass is 9.51. The Morgan fingerprint density at radius 2 is 1.54 bits per heavy atom. The first-order chi connectivity index (χ1) is 26.9. The molecule has 2 aliphatic carbocycles. The Balaban J connectivity index is 1.16. The number of anilines is 2. The van der Waals surface area contributed by atoms with Crippen LogP contribution in [0.4, 0.5) is 15.8 Å². The number of nitrogens with zero attached hydrogens (tertiary/aromatic N) is 2. The van der Waals surface area contributed by atoms with E-state index in [1.54, 1.807) is 45.4 Å². The van der Waals surface area contributed by atoms with Crippen molar-refractivity contribution in [1.29, 1.82) is 0 Å². The molecule has 6 atom stereocenters. The Bertz CT molecular complexity index is 2380. The maximum absolute atomic E-state index is 14.7. The van der Waals surface area contributed by atoms with Gasteiger partial charge in [-0.05, 0) is 91.9 Å². The van der Waals surface area contributed by atoms with E-state index in [-0.39, 0.29) is 35.2 Å². The molecule has 1 saturated carbocycles. The van der Waals surface area contributed by atoms with Gasteiger partial charge in [0.25, 0.3) is 0 Å². The number of halogens is 2. The number of hydrogen-bond donors (Lipinski definition) is 1. The van der Waals surface area contributed by atoms with Gasteiger partial charge in [0.1, 0.15) is 28.8 Å². The van der Waals surface area contributed by atoms with Crippen LogP contribution in [0.15, 0.2) is 90.5 Å². The predicted molar refractivity (Wildman–Crippen MR) is 208 cm³/mol. The van der Waals surface area contributed by atoms with Crippen LogP contribution in [-0.4, -0.2) is 50.1 Å². The molecule has 8 rings (SSSR count). The van der Waals surface area contributed by atoms with E-state index < -0.39 is 58.5 Å². The molecule has 10 nitrogen and oxygen atoms in total. The molecule has 4 amide bonds. The number of fused-ring (bicyclic) bond motifs is 4. The number of phenolic OH excluding ortho intramolecular Hbond substituents is 1. The summed E-state index contributed by atoms with van der Waals surface area (Å²) in [7, 11) is 4.63. The third-order valence-electron chi connectivity index (χ3n) is 12.0. The Morgan fingerprint density at radius 1 is 0.804 bits per heavy atom. The van der Waals surface area contributed by atoms with Crippen LogP contribution < -0.4 is 24.0 Å². The Kier molecular flexibility index (Phi) is 9.23. The van der Waals surface area contributed by atoms with Crippen LogP contribution in [0.25, 0.3) is 12.2 Å². The number of carbonyl (C=O) groups excluding carboxylic acids is 4. The minimum Gasteiger partial charge on any atom is -0.508 e. The molecule has 3 fully saturated rings. The summed E-state index contributed by atoms with van der Waals surface area (Å²) in [6, 6.07) is 21.0. The van der Waals surface area contributed by atoms with Crippen LogP contribution in [0.5, 0.6) is 23.0 Å². The molecule has 4 aliphatic rings. The smallest absolute Gasteiger partial charge is 0.241 e. The average Bonchev–Trinajstić information content (AvgIpc) is 3.57. The van der Waals surface area contributed by atoms with Crippen molar-refractivity contribution in [3.63, 3.8) is 0 Å². The monoisotopic (exact) mass is 776 g/mol. The first kappa shape index (κ1) is 37.0. The highest BCUT2D eigenvalue weighted by molar-refractivity contribution is 6.32. The second-order valence-corrected chi connectivity index (χ2v) is 15.1. The van der Waals surface area contributed by atoms with Gasteiger partial charge in [-0.1, -0.05) is 53.6 Å². The lowest BCUT2D eigenvalue weighted by molar-refractivity contribution is -0.131. The number of benzene rings is 4. The summed E-state index contributed by atoms with van der Waals surface area (Å²) in [5.74, 6) is -5.07. The summed E-state index contributed by atoms with van der Waals surface area (Å²) in [5.41, 5.74) is 1.69. The normalized spacial score (nSPS) is 25.6. The van der Waals surface area contributed by atoms with Crippen LogP contribution in [0.3, 0.4) is 0 Å². The van der Waals surface area contributed by atoms with Gasteiger partial charge in [-0.3, -0.25) is 24.1 Å². The minimum atomic E-state index is -1.46. The van der Waals surface area contributed by atoms with Crippen molar-refractivity contribution in [1.82, 2.24) is 0 Å². The van der Waals surface area contributed by atoms with E-state index >= 15 is 0 Å². The molecule has 0 bridgehead atoms. The van der Waals surface area contributed by atoms with Crippen molar-refractivity contribution in [3.8, 4) is 23.0 Å². The van der Waals surface area contributed by atoms with E-state index in [0.29, 0.717) is 34.1 Å². The molecule has 0 unspecified atom stereocenters. The van der Waals surface area contributed by atoms with Crippen LogP contribution in [0, 0.1) is 34.9 Å². The number of hydrogen-bond acceptors (Lipinski definition) is 8. The molecule has 286 valence electrons. The number of rotatable bonds is 8. The second kappa shape index (κ2) is 14.0. The van der Waals surface area contributed by atoms with E-state index in [9.17, 15) is 28.7 Å². The minimum absolute atomic E-state index is 0.0935. The number of imide groups is 2. The van der Waals surface area contributed by atoms with Gasteiger partial charge in [0.05, 0.1) is 60.9 Å². The molecule has 0 radical (unpaired) electrons. The fraction of sp³-hybridized carbons (Fsp3) is 0.273. The molecule has 2 saturated heterocycles. The van der Waals surface area contributed by atoms with Gasteiger partial charge < -0.3 is 19.3 Å². The third kappa shape index (κ3) is 5.58. The fourth-order valence-electron chi connectivity index (χ4n) is 9.34. The first-order valence-corrected chi connectivity index (χ1v) is 18.6. The van der Waals surface area contributed by atoms with E-state index in [4.69, 9.17) is 25.8 Å². The summed E-state index contributed by atoms with van der Waals surface area (Å²) in [4.78, 5) is 60.2. The molecular weight excluding hydrogens is 739 g/mol. The lowest BCUT2D eigenvalue weighted by Gasteiger charge is -2.49. The molecular formula is C44H38ClFN2O8. The van der Waals surface area contributed by atoms with Gasteiger partial charge >= 0.3 is 0 Å². The van der Waals surface area contributed by atoms with Crippen LogP contribution in [0.1, 0.15) is 42.4 Å². The molecule has 0 spiro atoms. The summed E-state index contributed by atoms with van der Waals surface area (Å²) in [5, 5.41) is 11.2. The maximum Gasteiger partial charge on any atom is 0.241 e. The summed E-state index contributed by atoms with van der Waals surface area (Å²) in [6.07, 6.45) is 5.98. The zero-order chi connectivity index (χ0) is 39.6. The first-order valence-electron chi connectivity index (χ1n) is 18.2. The number of phenols is 1. The van der Waals surface area contributed by atoms with E-state index in [2.05, 4.69) is 0 Å². The molecule has 2 heterocycles. The highest BCUT2D eigenvalue weighted by Crippen LogP contribution is 2.65. The van der Waals surface area contributed by atoms with Gasteiger partial charge in [0.15, 0.2) is 0 Å². The average molecular weight is 777 g/mol. The fourth-order valence-corrected chi connectivity index (χ4v) is 9.51. The molecule has 4 aromatic carbocycles. The Labute approximate surface area is 327 Å². The van der Waals surface area contributed by atoms with Crippen LogP contribution in [-0.2, 0) is 19.2 Å². The van der Waals surface area contributed by atoms with Crippen molar-refractivity contribution < 1.29 is 42.9 Å². The lowest BCUT2D eigenvalue weighted by Crippen LogP contribution is -2.49. The quantitative estimate of drug-likeness (QED) is 0.109. The second-order valence-electron chi connectivity index (χ2n) is 14.7. The summed E-state index contributed by atoms with van der Waals surface area (Å²) in [6.45, 7) is 1.69. The van der Waals surface area contributed by atoms with Gasteiger partial charge in [-0.2, -0.15) is 0 Å². The number of methoxy groups -OCH3 is 3. The van der Waals surface area contributed by atoms with Gasteiger partial charge in [0.2, 0.25) is 23.6 Å². The Morgan fingerprint density at radius 3 is 2.23 bits per heavy atom. The van der Waals surface area contributed by atoms with Crippen molar-refractivity contribution in [3.05, 3.63) is 118 Å². The van der Waals surface area contributed by atoms with Crippen molar-refractivity contribution in [2.75, 3.05) is 31.1 Å². The van der Waals surface area contributed by atoms with E-state index in [1.165, 1.54) is 30.2 Å². The summed E-state index contributed by atoms with van der Waals surface area (Å²) >= 11 is 6.12. The molecule has 2 aliphatic heterocycles. The maximum atomic E-state index is 14.7. The zero-order valence-corrected chi connectivity index (χ0v) is 31.7. The van der Waals surface area contributed by atoms with Crippen LogP contribution >= 0.6 is 11.6 Å². The topological polar surface area (TPSA) is 123 Å². The number of aromatic hydroxyl groups is 1. The number of ether oxygens (including phenoxy) is 3. The molecule has 56 heavy (non-hydrogen) atoms. The molecule has 0 aromatic heterocycles. The zero-order valence-electron chi connectivity index (χ0n) is 31.0. The largest absolute Gasteiger partial charge is 0.508 e. The van der Waals surface area contributed by atoms with Gasteiger partial charge in [0, 0.05) is 17.0 Å². The number of amides is 4. The van der Waals surface area contributed by atoms with Crippen LogP contribution in [0.2, 0.25) is 5.02 Å². The number of carbonyl (C=O) groups is 4. The van der Waals surface area contributed by atoms with E-state index in [1.807, 2.05) is 48.6 Å². The highest BCUT2D eigenvalue weighted by atomic mass is 35.5. The molecule has 12 heteroatoms. The van der Waals surface area contributed by atoms with Crippen molar-refractivity contribution in [2.45, 2.75) is 25.7 Å². The van der Waals surface area contributed by atoms with Gasteiger partial charge in [-0.15, -0.1) is 0 Å². The predicted octanol–water partition coefficient (Wildman–Crippen LogP) is 7.82.